The van der Waals surface area contributed by atoms with Gasteiger partial charge in [0.15, 0.2) is 5.65 Å². The molecule has 2 aromatic heterocycles. The van der Waals surface area contributed by atoms with Crippen LogP contribution >= 0.6 is 0 Å². The standard InChI is InChI=1S/C35H54FN6O5Si/c1-24(2)26-22-38-42-29(41(33(44)45)23-25-17-13-14-18-27(25)36)21-28(39-30(26)42)40(31(34(3,4)5)47-48(9)10)20-16-12-11-15-19-37-32(43)46-35(6,7)8/h13-14,17-18,21-22,24,31H,11-12,15-16,19-20,23H2,1-10H3,(H,37,43)(H,44,45)/t31-/m1/s1. The predicted molar refractivity (Wildman–Crippen MR) is 190 cm³/mol. The molecule has 0 aliphatic heterocycles. The quantitative estimate of drug-likeness (QED) is 0.0933. The monoisotopic (exact) mass is 685 g/mol. The van der Waals surface area contributed by atoms with Gasteiger partial charge in [0, 0.05) is 35.7 Å². The average Bonchev–Trinajstić information content (AvgIpc) is 3.40. The van der Waals surface area contributed by atoms with E-state index >= 15 is 0 Å². The number of anilines is 2. The van der Waals surface area contributed by atoms with Crippen LogP contribution in [0.25, 0.3) is 5.65 Å². The van der Waals surface area contributed by atoms with E-state index in [1.807, 2.05) is 34.6 Å². The molecule has 13 heteroatoms. The van der Waals surface area contributed by atoms with Crippen molar-refractivity contribution in [2.75, 3.05) is 22.9 Å². The number of unbranched alkanes of at least 4 members (excludes halogenated alkanes) is 3. The third-order valence-corrected chi connectivity index (χ3v) is 8.24. The smallest absolute Gasteiger partial charge is 0.413 e. The van der Waals surface area contributed by atoms with Gasteiger partial charge in [0.25, 0.3) is 0 Å². The predicted octanol–water partition coefficient (Wildman–Crippen LogP) is 8.21. The minimum absolute atomic E-state index is 0.0708. The topological polar surface area (TPSA) is 122 Å². The lowest BCUT2D eigenvalue weighted by Gasteiger charge is -2.42. The number of ether oxygens (including phenoxy) is 1. The summed E-state index contributed by atoms with van der Waals surface area (Å²) in [6, 6.07) is 7.89. The molecule has 0 fully saturated rings. The van der Waals surface area contributed by atoms with Crippen molar-refractivity contribution in [3.63, 3.8) is 0 Å². The van der Waals surface area contributed by atoms with Gasteiger partial charge in [0.1, 0.15) is 29.3 Å². The second-order valence-electron chi connectivity index (χ2n) is 14.7. The highest BCUT2D eigenvalue weighted by Gasteiger charge is 2.34. The Kier molecular flexibility index (Phi) is 13.4. The zero-order valence-electron chi connectivity index (χ0n) is 30.3. The van der Waals surface area contributed by atoms with Crippen molar-refractivity contribution in [1.29, 1.82) is 0 Å². The average molecular weight is 686 g/mol. The van der Waals surface area contributed by atoms with Crippen molar-refractivity contribution in [2.45, 2.75) is 118 Å². The summed E-state index contributed by atoms with van der Waals surface area (Å²) in [5, 5.41) is 17.8. The molecule has 11 nitrogen and oxygen atoms in total. The van der Waals surface area contributed by atoms with E-state index in [4.69, 9.17) is 14.1 Å². The van der Waals surface area contributed by atoms with E-state index in [9.17, 15) is 19.1 Å². The molecule has 2 N–H and O–H groups in total. The van der Waals surface area contributed by atoms with Crippen LogP contribution in [-0.2, 0) is 15.7 Å². The van der Waals surface area contributed by atoms with E-state index in [1.54, 1.807) is 30.5 Å². The first-order chi connectivity index (χ1) is 22.4. The third kappa shape index (κ3) is 10.9. The van der Waals surface area contributed by atoms with Crippen LogP contribution in [-0.4, -0.2) is 65.8 Å². The molecule has 0 aliphatic rings. The van der Waals surface area contributed by atoms with Crippen LogP contribution in [0.15, 0.2) is 36.5 Å². The molecule has 1 radical (unpaired) electrons. The molecule has 1 atom stereocenters. The molecule has 1 aromatic carbocycles. The molecule has 0 aliphatic carbocycles. The molecular weight excluding hydrogens is 632 g/mol. The van der Waals surface area contributed by atoms with Crippen LogP contribution < -0.4 is 15.1 Å². The summed E-state index contributed by atoms with van der Waals surface area (Å²) >= 11 is 0. The van der Waals surface area contributed by atoms with Gasteiger partial charge in [0.2, 0.25) is 9.04 Å². The summed E-state index contributed by atoms with van der Waals surface area (Å²) in [6.07, 6.45) is 3.13. The van der Waals surface area contributed by atoms with Gasteiger partial charge >= 0.3 is 12.2 Å². The zero-order chi connectivity index (χ0) is 35.8. The number of nitrogens with one attached hydrogen (secondary N) is 1. The molecule has 0 unspecified atom stereocenters. The van der Waals surface area contributed by atoms with Crippen molar-refractivity contribution < 1.29 is 28.2 Å². The first kappa shape index (κ1) is 38.7. The Balaban J connectivity index is 2.00. The summed E-state index contributed by atoms with van der Waals surface area (Å²) in [5.41, 5.74) is 0.812. The SMILES string of the molecule is CC(C)c1cnn2c(N(Cc3ccccc3F)C(=O)O)cc(N(CCCCCCNC(=O)OC(C)(C)C)[C@H](O[Si](C)C)C(C)(C)C)nc12. The van der Waals surface area contributed by atoms with Crippen LogP contribution in [0.4, 0.5) is 25.6 Å². The molecule has 0 saturated carbocycles. The lowest BCUT2D eigenvalue weighted by molar-refractivity contribution is 0.0526. The molecule has 3 aromatic rings. The van der Waals surface area contributed by atoms with E-state index in [0.29, 0.717) is 24.6 Å². The second kappa shape index (κ2) is 16.6. The van der Waals surface area contributed by atoms with Crippen LogP contribution in [0, 0.1) is 11.2 Å². The maximum Gasteiger partial charge on any atom is 0.413 e. The molecule has 0 spiro atoms. The van der Waals surface area contributed by atoms with Gasteiger partial charge in [-0.15, -0.1) is 0 Å². The fourth-order valence-electron chi connectivity index (χ4n) is 5.29. The lowest BCUT2D eigenvalue weighted by Crippen LogP contribution is -2.49. The minimum atomic E-state index is -1.24. The Morgan fingerprint density at radius 3 is 2.31 bits per heavy atom. The number of rotatable bonds is 15. The molecule has 0 saturated heterocycles. The maximum atomic E-state index is 14.8. The molecule has 2 heterocycles. The summed E-state index contributed by atoms with van der Waals surface area (Å²) in [7, 11) is -1.15. The largest absolute Gasteiger partial charge is 0.465 e. The van der Waals surface area contributed by atoms with Gasteiger partial charge in [-0.2, -0.15) is 9.61 Å². The lowest BCUT2D eigenvalue weighted by atomic mass is 9.93. The normalized spacial score (nSPS) is 12.9. The highest BCUT2D eigenvalue weighted by Crippen LogP contribution is 2.34. The number of fused-ring (bicyclic) bond motifs is 1. The van der Waals surface area contributed by atoms with E-state index in [0.717, 1.165) is 36.1 Å². The number of benzene rings is 1. The van der Waals surface area contributed by atoms with Crippen LogP contribution in [0.2, 0.25) is 13.1 Å². The minimum Gasteiger partial charge on any atom is -0.465 e. The Hall–Kier alpha value is -3.71. The Morgan fingerprint density at radius 1 is 1.06 bits per heavy atom. The molecule has 48 heavy (non-hydrogen) atoms. The Morgan fingerprint density at radius 2 is 1.73 bits per heavy atom. The summed E-state index contributed by atoms with van der Waals surface area (Å²) in [6.45, 7) is 21.1. The van der Waals surface area contributed by atoms with Gasteiger partial charge in [-0.25, -0.2) is 19.0 Å². The van der Waals surface area contributed by atoms with Crippen molar-refractivity contribution in [1.82, 2.24) is 19.9 Å². The number of alkyl carbamates (subject to hydrolysis) is 1. The Labute approximate surface area is 286 Å². The molecule has 2 amide bonds. The molecule has 265 valence electrons. The first-order valence-corrected chi connectivity index (χ1v) is 19.1. The zero-order valence-corrected chi connectivity index (χ0v) is 31.3. The summed E-state index contributed by atoms with van der Waals surface area (Å²) in [4.78, 5) is 33.2. The van der Waals surface area contributed by atoms with Crippen LogP contribution in [0.3, 0.4) is 0 Å². The number of amides is 2. The van der Waals surface area contributed by atoms with E-state index in [2.05, 4.69) is 49.2 Å². The van der Waals surface area contributed by atoms with Gasteiger partial charge in [0.05, 0.1) is 12.7 Å². The van der Waals surface area contributed by atoms with Crippen LogP contribution in [0.5, 0.6) is 0 Å². The van der Waals surface area contributed by atoms with E-state index in [1.165, 1.54) is 10.6 Å². The van der Waals surface area contributed by atoms with E-state index < -0.39 is 32.6 Å². The number of carbonyl (C=O) groups is 2. The Bertz CT molecular complexity index is 1520. The number of hydrogen-bond acceptors (Lipinski definition) is 7. The highest BCUT2D eigenvalue weighted by molar-refractivity contribution is 6.48. The van der Waals surface area contributed by atoms with Crippen molar-refractivity contribution in [2.24, 2.45) is 5.41 Å². The summed E-state index contributed by atoms with van der Waals surface area (Å²) in [5.74, 6) is 0.417. The fourth-order valence-corrected chi connectivity index (χ4v) is 6.22. The van der Waals surface area contributed by atoms with Gasteiger partial charge in [-0.1, -0.05) is 65.7 Å². The number of aromatic nitrogens is 3. The number of carboxylic acid groups (broad SMARTS) is 1. The van der Waals surface area contributed by atoms with Gasteiger partial charge < -0.3 is 24.5 Å². The molecule has 3 rings (SSSR count). The van der Waals surface area contributed by atoms with Crippen LogP contribution in [0.1, 0.15) is 98.1 Å². The third-order valence-electron chi connectivity index (χ3n) is 7.54. The number of nitrogens with zero attached hydrogens (tertiary/aromatic N) is 5. The first-order valence-electron chi connectivity index (χ1n) is 16.7. The molecule has 0 bridgehead atoms. The highest BCUT2D eigenvalue weighted by atomic mass is 28.3. The fraction of sp³-hybridized carbons (Fsp3) is 0.600. The second-order valence-corrected chi connectivity index (χ2v) is 16.8. The van der Waals surface area contributed by atoms with Crippen molar-refractivity contribution >= 4 is 38.5 Å². The molecular formula is C35H54FN6O5Si. The number of hydrogen-bond donors (Lipinski definition) is 2. The summed E-state index contributed by atoms with van der Waals surface area (Å²) < 4.78 is 28.3. The number of carbonyl (C=O) groups excluding carboxylic acids is 1. The van der Waals surface area contributed by atoms with Gasteiger partial charge in [-0.05, 0) is 58.7 Å². The van der Waals surface area contributed by atoms with E-state index in [-0.39, 0.29) is 35.5 Å². The van der Waals surface area contributed by atoms with Crippen molar-refractivity contribution in [3.05, 3.63) is 53.5 Å². The van der Waals surface area contributed by atoms with Crippen molar-refractivity contribution in [3.8, 4) is 0 Å². The number of halogens is 1. The van der Waals surface area contributed by atoms with Gasteiger partial charge in [-0.3, -0.25) is 4.90 Å². The maximum absolute atomic E-state index is 14.8.